The molecule has 2 atom stereocenters. The Labute approximate surface area is 138 Å². The number of anilines is 1. The number of fused-ring (bicyclic) bond motifs is 3. The Morgan fingerprint density at radius 3 is 3.00 bits per heavy atom. The highest BCUT2D eigenvalue weighted by Gasteiger charge is 2.46. The van der Waals surface area contributed by atoms with Crippen LogP contribution in [0.15, 0.2) is 41.0 Å². The maximum absolute atomic E-state index is 12.3. The average Bonchev–Trinajstić information content (AvgIpc) is 3.21. The first-order valence-electron chi connectivity index (χ1n) is 7.68. The van der Waals surface area contributed by atoms with Crippen molar-refractivity contribution in [3.8, 4) is 17.1 Å². The van der Waals surface area contributed by atoms with Gasteiger partial charge in [-0.15, -0.1) is 0 Å². The van der Waals surface area contributed by atoms with Gasteiger partial charge in [0, 0.05) is 12.5 Å². The van der Waals surface area contributed by atoms with Crippen molar-refractivity contribution >= 4 is 17.7 Å². The molecule has 24 heavy (non-hydrogen) atoms. The van der Waals surface area contributed by atoms with Crippen LogP contribution in [-0.2, 0) is 9.53 Å². The molecule has 0 spiro atoms. The zero-order chi connectivity index (χ0) is 16.7. The Bertz CT molecular complexity index is 786. The Balaban J connectivity index is 1.62. The van der Waals surface area contributed by atoms with E-state index in [2.05, 4.69) is 5.32 Å². The van der Waals surface area contributed by atoms with E-state index in [1.165, 1.54) is 6.92 Å². The highest BCUT2D eigenvalue weighted by Crippen LogP contribution is 2.40. The highest BCUT2D eigenvalue weighted by molar-refractivity contribution is 5.94. The summed E-state index contributed by atoms with van der Waals surface area (Å²) in [7, 11) is 0. The van der Waals surface area contributed by atoms with Crippen LogP contribution >= 0.6 is 0 Å². The molecule has 1 N–H and O–H groups in total. The van der Waals surface area contributed by atoms with Crippen LogP contribution in [0.2, 0.25) is 0 Å². The fraction of sp³-hybridized carbons (Fsp3) is 0.294. The summed E-state index contributed by atoms with van der Waals surface area (Å²) in [4.78, 5) is 24.9. The predicted molar refractivity (Wildman–Crippen MR) is 84.9 cm³/mol. The van der Waals surface area contributed by atoms with Gasteiger partial charge in [-0.3, -0.25) is 9.69 Å². The maximum Gasteiger partial charge on any atom is 0.415 e. The van der Waals surface area contributed by atoms with Gasteiger partial charge in [-0.2, -0.15) is 0 Å². The van der Waals surface area contributed by atoms with Crippen molar-refractivity contribution in [2.75, 3.05) is 18.1 Å². The van der Waals surface area contributed by atoms with Crippen molar-refractivity contribution in [1.29, 1.82) is 0 Å². The third-order valence-corrected chi connectivity index (χ3v) is 4.20. The maximum atomic E-state index is 12.3. The topological polar surface area (TPSA) is 81.0 Å². The van der Waals surface area contributed by atoms with Gasteiger partial charge in [0.1, 0.15) is 30.3 Å². The number of amides is 2. The summed E-state index contributed by atoms with van der Waals surface area (Å²) >= 11 is 0. The number of hydrogen-bond donors (Lipinski definition) is 1. The number of cyclic esters (lactones) is 1. The van der Waals surface area contributed by atoms with Gasteiger partial charge >= 0.3 is 6.09 Å². The van der Waals surface area contributed by atoms with Crippen molar-refractivity contribution in [3.05, 3.63) is 36.6 Å². The molecule has 2 aliphatic heterocycles. The number of rotatable bonds is 3. The second-order valence-electron chi connectivity index (χ2n) is 5.77. The van der Waals surface area contributed by atoms with E-state index in [1.54, 1.807) is 11.2 Å². The van der Waals surface area contributed by atoms with E-state index in [0.717, 1.165) is 11.3 Å². The number of benzene rings is 1. The largest absolute Gasteiger partial charge is 0.489 e. The van der Waals surface area contributed by atoms with Crippen LogP contribution in [0.3, 0.4) is 0 Å². The zero-order valence-corrected chi connectivity index (χ0v) is 13.0. The third kappa shape index (κ3) is 2.38. The average molecular weight is 328 g/mol. The van der Waals surface area contributed by atoms with Crippen LogP contribution in [0, 0.1) is 0 Å². The van der Waals surface area contributed by atoms with Crippen molar-refractivity contribution < 1.29 is 23.5 Å². The quantitative estimate of drug-likeness (QED) is 0.934. The lowest BCUT2D eigenvalue weighted by molar-refractivity contribution is -0.119. The van der Waals surface area contributed by atoms with Gasteiger partial charge in [-0.1, -0.05) is 0 Å². The number of nitrogens with one attached hydrogen (secondary N) is 1. The van der Waals surface area contributed by atoms with E-state index in [-0.39, 0.29) is 18.5 Å². The molecule has 1 aromatic carbocycles. The first kappa shape index (κ1) is 14.6. The molecule has 124 valence electrons. The second kappa shape index (κ2) is 5.59. The molecular formula is C17H16N2O5. The molecule has 0 bridgehead atoms. The van der Waals surface area contributed by atoms with Gasteiger partial charge in [-0.25, -0.2) is 4.79 Å². The van der Waals surface area contributed by atoms with Crippen LogP contribution in [-0.4, -0.2) is 37.3 Å². The van der Waals surface area contributed by atoms with E-state index in [4.69, 9.17) is 13.9 Å². The Morgan fingerprint density at radius 1 is 1.38 bits per heavy atom. The summed E-state index contributed by atoms with van der Waals surface area (Å²) in [6, 6.07) is 8.96. The molecule has 0 saturated carbocycles. The monoisotopic (exact) mass is 328 g/mol. The van der Waals surface area contributed by atoms with E-state index in [9.17, 15) is 9.59 Å². The molecule has 0 radical (unpaired) electrons. The van der Waals surface area contributed by atoms with Crippen LogP contribution in [0.5, 0.6) is 5.75 Å². The summed E-state index contributed by atoms with van der Waals surface area (Å²) < 4.78 is 16.6. The van der Waals surface area contributed by atoms with Crippen LogP contribution in [0.25, 0.3) is 11.3 Å². The van der Waals surface area contributed by atoms with E-state index in [1.807, 2.05) is 30.3 Å². The Hall–Kier alpha value is -2.96. The third-order valence-electron chi connectivity index (χ3n) is 4.20. The molecule has 2 aromatic rings. The number of carbonyl (C=O) groups excluding carboxylic acids is 2. The van der Waals surface area contributed by atoms with Crippen molar-refractivity contribution in [3.63, 3.8) is 0 Å². The Morgan fingerprint density at radius 2 is 2.25 bits per heavy atom. The first-order chi connectivity index (χ1) is 11.6. The lowest BCUT2D eigenvalue weighted by atomic mass is 10.1. The van der Waals surface area contributed by atoms with Gasteiger partial charge in [0.05, 0.1) is 18.5 Å². The smallest absolute Gasteiger partial charge is 0.415 e. The van der Waals surface area contributed by atoms with Gasteiger partial charge in [0.2, 0.25) is 5.91 Å². The molecule has 3 heterocycles. The SMILES string of the molecule is CC(=O)NC[C@@H]1OC(=O)N2c3ccc(-c4ccco4)cc3OC[C@@H]12. The molecular weight excluding hydrogens is 312 g/mol. The van der Waals surface area contributed by atoms with Crippen LogP contribution < -0.4 is 15.0 Å². The summed E-state index contributed by atoms with van der Waals surface area (Å²) in [6.45, 7) is 2.01. The summed E-state index contributed by atoms with van der Waals surface area (Å²) in [6.07, 6.45) is 0.751. The first-order valence-corrected chi connectivity index (χ1v) is 7.68. The number of ether oxygens (including phenoxy) is 2. The van der Waals surface area contributed by atoms with Crippen molar-refractivity contribution in [2.45, 2.75) is 19.1 Å². The van der Waals surface area contributed by atoms with Gasteiger partial charge in [0.15, 0.2) is 0 Å². The number of furan rings is 1. The second-order valence-corrected chi connectivity index (χ2v) is 5.77. The number of nitrogens with zero attached hydrogens (tertiary/aromatic N) is 1. The van der Waals surface area contributed by atoms with Gasteiger partial charge in [0.25, 0.3) is 0 Å². The summed E-state index contributed by atoms with van der Waals surface area (Å²) in [5.41, 5.74) is 1.54. The predicted octanol–water partition coefficient (Wildman–Crippen LogP) is 2.17. The van der Waals surface area contributed by atoms with Crippen molar-refractivity contribution in [2.24, 2.45) is 0 Å². The molecule has 0 unspecified atom stereocenters. The molecule has 7 nitrogen and oxygen atoms in total. The zero-order valence-electron chi connectivity index (χ0n) is 13.0. The Kier molecular flexibility index (Phi) is 3.41. The van der Waals surface area contributed by atoms with Crippen molar-refractivity contribution in [1.82, 2.24) is 5.32 Å². The molecule has 1 fully saturated rings. The molecule has 0 aliphatic carbocycles. The standard InChI is InChI=1S/C17H16N2O5/c1-10(20)18-8-16-13-9-23-15-7-11(14-3-2-6-22-14)4-5-12(15)19(13)17(21)24-16/h2-7,13,16H,8-9H2,1H3,(H,18,20)/t13-,16-/m0/s1. The van der Waals surface area contributed by atoms with E-state index in [0.29, 0.717) is 18.0 Å². The molecule has 1 aromatic heterocycles. The van der Waals surface area contributed by atoms with E-state index < -0.39 is 12.2 Å². The molecule has 2 amide bonds. The fourth-order valence-corrected chi connectivity index (χ4v) is 3.05. The normalized spacial score (nSPS) is 21.5. The number of hydrogen-bond acceptors (Lipinski definition) is 5. The van der Waals surface area contributed by atoms with Gasteiger partial charge < -0.3 is 19.2 Å². The minimum absolute atomic E-state index is 0.162. The molecule has 1 saturated heterocycles. The van der Waals surface area contributed by atoms with E-state index >= 15 is 0 Å². The number of carbonyl (C=O) groups is 2. The van der Waals surface area contributed by atoms with Crippen LogP contribution in [0.1, 0.15) is 6.92 Å². The fourth-order valence-electron chi connectivity index (χ4n) is 3.05. The minimum Gasteiger partial charge on any atom is -0.489 e. The summed E-state index contributed by atoms with van der Waals surface area (Å²) in [5, 5.41) is 2.68. The highest BCUT2D eigenvalue weighted by atomic mass is 16.6. The molecule has 2 aliphatic rings. The minimum atomic E-state index is -0.431. The lowest BCUT2D eigenvalue weighted by Crippen LogP contribution is -2.47. The lowest BCUT2D eigenvalue weighted by Gasteiger charge is -2.31. The summed E-state index contributed by atoms with van der Waals surface area (Å²) in [5.74, 6) is 1.18. The molecule has 7 heteroatoms. The van der Waals surface area contributed by atoms with Crippen LogP contribution in [0.4, 0.5) is 10.5 Å². The molecule has 4 rings (SSSR count). The van der Waals surface area contributed by atoms with Gasteiger partial charge in [-0.05, 0) is 30.3 Å².